The number of phenolic OH excluding ortho intramolecular Hbond substituents is 1. The minimum Gasteiger partial charge on any atom is -0.508 e. The van der Waals surface area contributed by atoms with Gasteiger partial charge in [0.1, 0.15) is 17.3 Å². The third kappa shape index (κ3) is 3.67. The van der Waals surface area contributed by atoms with Crippen LogP contribution >= 0.6 is 0 Å². The molecule has 0 aromatic heterocycles. The SMILES string of the molecule is C[C@]12C[C@H](c3ccc(OC(=O)c4ccccc4)cc3)[C@@H]3c4ccc(O)cc4CC[C@H]3[C@@H]1CCC2=O. The molecule has 0 amide bonds. The average Bonchev–Trinajstić information content (AvgIpc) is 3.18. The van der Waals surface area contributed by atoms with E-state index < -0.39 is 0 Å². The zero-order valence-electron chi connectivity index (χ0n) is 19.9. The molecule has 3 aliphatic rings. The van der Waals surface area contributed by atoms with E-state index >= 15 is 0 Å². The van der Waals surface area contributed by atoms with Crippen molar-refractivity contribution in [3.8, 4) is 11.5 Å². The van der Waals surface area contributed by atoms with Crippen LogP contribution in [0.2, 0.25) is 0 Å². The minimum atomic E-state index is -0.371. The van der Waals surface area contributed by atoms with Gasteiger partial charge in [-0.25, -0.2) is 4.79 Å². The van der Waals surface area contributed by atoms with E-state index in [9.17, 15) is 14.7 Å². The number of benzene rings is 3. The average molecular weight is 467 g/mol. The van der Waals surface area contributed by atoms with Gasteiger partial charge in [-0.05, 0) is 102 Å². The van der Waals surface area contributed by atoms with Gasteiger partial charge in [-0.1, -0.05) is 43.3 Å². The first kappa shape index (κ1) is 22.1. The fraction of sp³-hybridized carbons (Fsp3) is 0.355. The Morgan fingerprint density at radius 1 is 0.971 bits per heavy atom. The smallest absolute Gasteiger partial charge is 0.343 e. The Hall–Kier alpha value is -3.40. The van der Waals surface area contributed by atoms with Gasteiger partial charge in [0.25, 0.3) is 0 Å². The summed E-state index contributed by atoms with van der Waals surface area (Å²) in [5.41, 5.74) is 3.98. The molecule has 5 atom stereocenters. The van der Waals surface area contributed by atoms with E-state index in [2.05, 4.69) is 25.1 Å². The zero-order valence-corrected chi connectivity index (χ0v) is 19.9. The minimum absolute atomic E-state index is 0.200. The third-order valence-corrected chi connectivity index (χ3v) is 8.95. The van der Waals surface area contributed by atoms with E-state index in [1.165, 1.54) is 16.7 Å². The van der Waals surface area contributed by atoms with Gasteiger partial charge in [-0.3, -0.25) is 4.79 Å². The van der Waals surface area contributed by atoms with Crippen molar-refractivity contribution in [3.05, 3.63) is 95.1 Å². The molecule has 4 nitrogen and oxygen atoms in total. The molecular formula is C31H30O4. The Morgan fingerprint density at radius 2 is 1.74 bits per heavy atom. The summed E-state index contributed by atoms with van der Waals surface area (Å²) in [7, 11) is 0. The predicted octanol–water partition coefficient (Wildman–Crippen LogP) is 6.43. The van der Waals surface area contributed by atoms with Crippen molar-refractivity contribution in [2.45, 2.75) is 50.9 Å². The summed E-state index contributed by atoms with van der Waals surface area (Å²) in [6, 6.07) is 22.7. The standard InChI is InChI=1S/C31H30O4/c1-31-18-26(19-7-11-23(12-8-19)35-30(34)20-5-3-2-4-6-20)29-24-14-10-22(32)17-21(24)9-13-25(29)27(31)15-16-28(31)33/h2-8,10-12,14,17,25-27,29,32H,9,13,15-16,18H2,1H3/t25-,26+,27-,29+,31-/m0/s1. The van der Waals surface area contributed by atoms with Crippen molar-refractivity contribution in [2.75, 3.05) is 0 Å². The van der Waals surface area contributed by atoms with Gasteiger partial charge in [0.2, 0.25) is 0 Å². The van der Waals surface area contributed by atoms with E-state index in [0.717, 1.165) is 25.7 Å². The molecule has 0 heterocycles. The quantitative estimate of drug-likeness (QED) is 0.357. The van der Waals surface area contributed by atoms with Crippen LogP contribution < -0.4 is 4.74 Å². The van der Waals surface area contributed by atoms with Crippen LogP contribution in [0.5, 0.6) is 11.5 Å². The number of Topliss-reactive ketones (excluding diaryl/α,β-unsaturated/α-hetero) is 1. The lowest BCUT2D eigenvalue weighted by Gasteiger charge is -2.52. The van der Waals surface area contributed by atoms with E-state index in [4.69, 9.17) is 4.74 Å². The van der Waals surface area contributed by atoms with E-state index in [-0.39, 0.29) is 17.3 Å². The highest BCUT2D eigenvalue weighted by atomic mass is 16.5. The van der Waals surface area contributed by atoms with Gasteiger partial charge in [-0.15, -0.1) is 0 Å². The molecule has 3 aromatic carbocycles. The number of hydrogen-bond donors (Lipinski definition) is 1. The number of ether oxygens (including phenoxy) is 1. The molecular weight excluding hydrogens is 436 g/mol. The molecule has 2 saturated carbocycles. The van der Waals surface area contributed by atoms with Gasteiger partial charge in [0, 0.05) is 11.8 Å². The van der Waals surface area contributed by atoms with Crippen LogP contribution in [0.4, 0.5) is 0 Å². The molecule has 0 spiro atoms. The van der Waals surface area contributed by atoms with Gasteiger partial charge in [0.05, 0.1) is 5.56 Å². The number of rotatable bonds is 3. The molecule has 0 bridgehead atoms. The lowest BCUT2D eigenvalue weighted by atomic mass is 9.51. The van der Waals surface area contributed by atoms with Crippen LogP contribution in [-0.4, -0.2) is 16.9 Å². The molecule has 35 heavy (non-hydrogen) atoms. The van der Waals surface area contributed by atoms with E-state index in [1.807, 2.05) is 36.4 Å². The fourth-order valence-corrected chi connectivity index (χ4v) is 7.31. The molecule has 0 radical (unpaired) electrons. The van der Waals surface area contributed by atoms with Crippen LogP contribution in [0, 0.1) is 17.3 Å². The molecule has 0 saturated heterocycles. The highest BCUT2D eigenvalue weighted by molar-refractivity contribution is 5.91. The second-order valence-electron chi connectivity index (χ2n) is 10.7. The van der Waals surface area contributed by atoms with Crippen molar-refractivity contribution in [2.24, 2.45) is 17.3 Å². The predicted molar refractivity (Wildman–Crippen MR) is 134 cm³/mol. The number of ketones is 1. The summed E-state index contributed by atoms with van der Waals surface area (Å²) in [6.07, 6.45) is 4.52. The fourth-order valence-electron chi connectivity index (χ4n) is 7.31. The Kier molecular flexibility index (Phi) is 5.28. The number of carbonyl (C=O) groups is 2. The Morgan fingerprint density at radius 3 is 2.51 bits per heavy atom. The van der Waals surface area contributed by atoms with Crippen molar-refractivity contribution in [1.82, 2.24) is 0 Å². The van der Waals surface area contributed by atoms with Gasteiger partial charge in [0.15, 0.2) is 0 Å². The van der Waals surface area contributed by atoms with Gasteiger partial charge >= 0.3 is 5.97 Å². The molecule has 3 aromatic rings. The summed E-state index contributed by atoms with van der Waals surface area (Å²) in [5, 5.41) is 10.1. The molecule has 4 heteroatoms. The van der Waals surface area contributed by atoms with Crippen LogP contribution in [0.1, 0.15) is 71.5 Å². The number of esters is 1. The van der Waals surface area contributed by atoms with Crippen LogP contribution in [0.15, 0.2) is 72.8 Å². The number of aromatic hydroxyl groups is 1. The summed E-state index contributed by atoms with van der Waals surface area (Å²) in [4.78, 5) is 25.6. The summed E-state index contributed by atoms with van der Waals surface area (Å²) >= 11 is 0. The number of fused-ring (bicyclic) bond motifs is 5. The van der Waals surface area contributed by atoms with E-state index in [1.54, 1.807) is 18.2 Å². The summed E-state index contributed by atoms with van der Waals surface area (Å²) in [6.45, 7) is 2.19. The maximum Gasteiger partial charge on any atom is 0.343 e. The van der Waals surface area contributed by atoms with Crippen molar-refractivity contribution >= 4 is 11.8 Å². The number of hydrogen-bond acceptors (Lipinski definition) is 4. The highest BCUT2D eigenvalue weighted by Crippen LogP contribution is 2.64. The molecule has 0 unspecified atom stereocenters. The first-order valence-electron chi connectivity index (χ1n) is 12.7. The normalized spacial score (nSPS) is 29.1. The van der Waals surface area contributed by atoms with Crippen LogP contribution in [-0.2, 0) is 11.2 Å². The lowest BCUT2D eigenvalue weighted by molar-refractivity contribution is -0.130. The summed E-state index contributed by atoms with van der Waals surface area (Å²) < 4.78 is 5.60. The van der Waals surface area contributed by atoms with Crippen LogP contribution in [0.3, 0.4) is 0 Å². The van der Waals surface area contributed by atoms with Crippen molar-refractivity contribution in [3.63, 3.8) is 0 Å². The lowest BCUT2D eigenvalue weighted by Crippen LogP contribution is -2.45. The topological polar surface area (TPSA) is 63.6 Å². The van der Waals surface area contributed by atoms with Crippen molar-refractivity contribution < 1.29 is 19.4 Å². The Labute approximate surface area is 206 Å². The number of carbonyl (C=O) groups excluding carboxylic acids is 2. The molecule has 0 aliphatic heterocycles. The highest BCUT2D eigenvalue weighted by Gasteiger charge is 2.57. The molecule has 6 rings (SSSR count). The third-order valence-electron chi connectivity index (χ3n) is 8.95. The maximum atomic E-state index is 13.1. The van der Waals surface area contributed by atoms with E-state index in [0.29, 0.717) is 47.0 Å². The first-order chi connectivity index (χ1) is 16.9. The van der Waals surface area contributed by atoms with Gasteiger partial charge < -0.3 is 9.84 Å². The first-order valence-corrected chi connectivity index (χ1v) is 12.7. The maximum absolute atomic E-state index is 13.1. The number of phenols is 1. The second kappa shape index (κ2) is 8.37. The molecule has 178 valence electrons. The van der Waals surface area contributed by atoms with Gasteiger partial charge in [-0.2, -0.15) is 0 Å². The molecule has 3 aliphatic carbocycles. The molecule has 1 N–H and O–H groups in total. The second-order valence-corrected chi connectivity index (χ2v) is 10.7. The molecule has 2 fully saturated rings. The monoisotopic (exact) mass is 466 g/mol. The Bertz CT molecular complexity index is 1280. The Balaban J connectivity index is 1.34. The largest absolute Gasteiger partial charge is 0.508 e. The van der Waals surface area contributed by atoms with Crippen LogP contribution in [0.25, 0.3) is 0 Å². The summed E-state index contributed by atoms with van der Waals surface area (Å²) in [5.74, 6) is 2.28. The zero-order chi connectivity index (χ0) is 24.2. The number of aryl methyl sites for hydroxylation is 1. The van der Waals surface area contributed by atoms with Crippen molar-refractivity contribution in [1.29, 1.82) is 0 Å².